The van der Waals surface area contributed by atoms with Gasteiger partial charge in [0, 0.05) is 31.0 Å². The lowest BCUT2D eigenvalue weighted by Crippen LogP contribution is -2.48. The number of nitrogen functional groups attached to an aromatic ring is 1. The largest absolute Gasteiger partial charge is 0.399 e. The average molecular weight is 288 g/mol. The van der Waals surface area contributed by atoms with Crippen molar-refractivity contribution in [1.29, 1.82) is 0 Å². The lowest BCUT2D eigenvalue weighted by Gasteiger charge is -2.40. The number of piperidine rings is 2. The molecule has 0 radical (unpaired) electrons. The number of anilines is 1. The van der Waals surface area contributed by atoms with Crippen LogP contribution in [-0.4, -0.2) is 52.9 Å². The molecule has 3 heterocycles. The van der Waals surface area contributed by atoms with E-state index >= 15 is 0 Å². The third kappa shape index (κ3) is 3.35. The summed E-state index contributed by atoms with van der Waals surface area (Å²) in [6.07, 6.45) is 7.78. The molecule has 1 aromatic heterocycles. The second-order valence-electron chi connectivity index (χ2n) is 6.09. The van der Waals surface area contributed by atoms with Gasteiger partial charge in [-0.25, -0.2) is 0 Å². The van der Waals surface area contributed by atoms with Gasteiger partial charge in [0.2, 0.25) is 0 Å². The minimum Gasteiger partial charge on any atom is -0.399 e. The van der Waals surface area contributed by atoms with Crippen LogP contribution >= 0.6 is 0 Å². The van der Waals surface area contributed by atoms with Crippen LogP contribution < -0.4 is 5.73 Å². The van der Waals surface area contributed by atoms with Crippen molar-refractivity contribution in [2.75, 3.05) is 31.9 Å². The second kappa shape index (κ2) is 6.43. The van der Waals surface area contributed by atoms with Crippen molar-refractivity contribution in [3.8, 4) is 0 Å². The fourth-order valence-electron chi connectivity index (χ4n) is 3.44. The lowest BCUT2D eigenvalue weighted by molar-refractivity contribution is 0.0585. The standard InChI is InChI=1S/C16H24N4O/c17-13-4-7-18-15(12-13)16(21)20-10-5-14(6-11-20)19-8-2-1-3-9-19/h4,7,12,14H,1-3,5-6,8-11H2,(H2,17,18). The molecule has 2 fully saturated rings. The smallest absolute Gasteiger partial charge is 0.272 e. The Balaban J connectivity index is 1.56. The highest BCUT2D eigenvalue weighted by Crippen LogP contribution is 2.21. The first-order chi connectivity index (χ1) is 10.2. The zero-order chi connectivity index (χ0) is 14.7. The Morgan fingerprint density at radius 2 is 1.86 bits per heavy atom. The summed E-state index contributed by atoms with van der Waals surface area (Å²) in [5, 5.41) is 0. The monoisotopic (exact) mass is 288 g/mol. The summed E-state index contributed by atoms with van der Waals surface area (Å²) in [5.41, 5.74) is 6.79. The Kier molecular flexibility index (Phi) is 4.39. The summed E-state index contributed by atoms with van der Waals surface area (Å²) < 4.78 is 0. The highest BCUT2D eigenvalue weighted by molar-refractivity contribution is 5.93. The first-order valence-electron chi connectivity index (χ1n) is 7.99. The van der Waals surface area contributed by atoms with Gasteiger partial charge in [0.1, 0.15) is 5.69 Å². The molecule has 1 amide bonds. The predicted octanol–water partition coefficient (Wildman–Crippen LogP) is 1.75. The number of hydrogen-bond donors (Lipinski definition) is 1. The van der Waals surface area contributed by atoms with E-state index in [-0.39, 0.29) is 5.91 Å². The Morgan fingerprint density at radius 1 is 1.14 bits per heavy atom. The van der Waals surface area contributed by atoms with Crippen LogP contribution in [0.3, 0.4) is 0 Å². The summed E-state index contributed by atoms with van der Waals surface area (Å²) >= 11 is 0. The van der Waals surface area contributed by atoms with Gasteiger partial charge < -0.3 is 15.5 Å². The maximum Gasteiger partial charge on any atom is 0.272 e. The van der Waals surface area contributed by atoms with Crippen LogP contribution in [0.1, 0.15) is 42.6 Å². The van der Waals surface area contributed by atoms with Crippen molar-refractivity contribution in [3.63, 3.8) is 0 Å². The van der Waals surface area contributed by atoms with E-state index < -0.39 is 0 Å². The molecule has 0 bridgehead atoms. The molecule has 0 unspecified atom stereocenters. The normalized spacial score (nSPS) is 21.4. The molecule has 0 spiro atoms. The molecule has 0 atom stereocenters. The molecule has 0 aliphatic carbocycles. The average Bonchev–Trinajstić information content (AvgIpc) is 2.55. The van der Waals surface area contributed by atoms with Gasteiger partial charge in [0.25, 0.3) is 5.91 Å². The summed E-state index contributed by atoms with van der Waals surface area (Å²) in [6.45, 7) is 4.12. The number of carbonyl (C=O) groups is 1. The summed E-state index contributed by atoms with van der Waals surface area (Å²) in [6, 6.07) is 4.03. The number of rotatable bonds is 2. The van der Waals surface area contributed by atoms with Gasteiger partial charge in [0.15, 0.2) is 0 Å². The van der Waals surface area contributed by atoms with Crippen LogP contribution in [0.15, 0.2) is 18.3 Å². The minimum absolute atomic E-state index is 0.0133. The van der Waals surface area contributed by atoms with Crippen LogP contribution in [0.25, 0.3) is 0 Å². The quantitative estimate of drug-likeness (QED) is 0.900. The van der Waals surface area contributed by atoms with Crippen molar-refractivity contribution in [1.82, 2.24) is 14.8 Å². The number of nitrogens with zero attached hydrogens (tertiary/aromatic N) is 3. The van der Waals surface area contributed by atoms with Gasteiger partial charge in [-0.2, -0.15) is 0 Å². The molecule has 5 nitrogen and oxygen atoms in total. The number of amides is 1. The minimum atomic E-state index is 0.0133. The molecule has 0 saturated carbocycles. The van der Waals surface area contributed by atoms with Crippen LogP contribution in [-0.2, 0) is 0 Å². The van der Waals surface area contributed by atoms with Gasteiger partial charge in [-0.05, 0) is 50.9 Å². The fourth-order valence-corrected chi connectivity index (χ4v) is 3.44. The van der Waals surface area contributed by atoms with E-state index in [1.54, 1.807) is 18.3 Å². The van der Waals surface area contributed by atoms with Crippen LogP contribution in [0.2, 0.25) is 0 Å². The number of aromatic nitrogens is 1. The fraction of sp³-hybridized carbons (Fsp3) is 0.625. The summed E-state index contributed by atoms with van der Waals surface area (Å²) in [7, 11) is 0. The third-order valence-electron chi connectivity index (χ3n) is 4.66. The van der Waals surface area contributed by atoms with Crippen molar-refractivity contribution < 1.29 is 4.79 Å². The SMILES string of the molecule is Nc1ccnc(C(=O)N2CCC(N3CCCCC3)CC2)c1. The molecule has 0 aromatic carbocycles. The van der Waals surface area contributed by atoms with Crippen LogP contribution in [0.4, 0.5) is 5.69 Å². The highest BCUT2D eigenvalue weighted by atomic mass is 16.2. The second-order valence-corrected chi connectivity index (χ2v) is 6.09. The van der Waals surface area contributed by atoms with Crippen molar-refractivity contribution in [2.24, 2.45) is 0 Å². The zero-order valence-electron chi connectivity index (χ0n) is 12.5. The number of carbonyl (C=O) groups excluding carboxylic acids is 1. The summed E-state index contributed by atoms with van der Waals surface area (Å²) in [4.78, 5) is 21.1. The molecule has 2 N–H and O–H groups in total. The Labute approximate surface area is 126 Å². The number of likely N-dealkylation sites (tertiary alicyclic amines) is 2. The number of nitrogens with two attached hydrogens (primary N) is 1. The molecule has 3 rings (SSSR count). The van der Waals surface area contributed by atoms with Crippen molar-refractivity contribution in [2.45, 2.75) is 38.1 Å². The maximum atomic E-state index is 12.4. The molecule has 21 heavy (non-hydrogen) atoms. The highest BCUT2D eigenvalue weighted by Gasteiger charge is 2.28. The van der Waals surface area contributed by atoms with E-state index in [9.17, 15) is 4.79 Å². The molecule has 2 aliphatic rings. The van der Waals surface area contributed by atoms with Crippen LogP contribution in [0.5, 0.6) is 0 Å². The van der Waals surface area contributed by atoms with Crippen LogP contribution in [0, 0.1) is 0 Å². The summed E-state index contributed by atoms with van der Waals surface area (Å²) in [5.74, 6) is 0.0133. The van der Waals surface area contributed by atoms with Gasteiger partial charge in [-0.3, -0.25) is 9.78 Å². The van der Waals surface area contributed by atoms with E-state index in [0.29, 0.717) is 17.4 Å². The Morgan fingerprint density at radius 3 is 2.52 bits per heavy atom. The number of hydrogen-bond acceptors (Lipinski definition) is 4. The first kappa shape index (κ1) is 14.3. The van der Waals surface area contributed by atoms with Gasteiger partial charge in [-0.15, -0.1) is 0 Å². The van der Waals surface area contributed by atoms with Gasteiger partial charge >= 0.3 is 0 Å². The molecule has 114 valence electrons. The van der Waals surface area contributed by atoms with E-state index in [0.717, 1.165) is 25.9 Å². The topological polar surface area (TPSA) is 62.5 Å². The molecular formula is C16H24N4O. The maximum absolute atomic E-state index is 12.4. The van der Waals surface area contributed by atoms with E-state index in [4.69, 9.17) is 5.73 Å². The molecule has 1 aromatic rings. The Hall–Kier alpha value is -1.62. The predicted molar refractivity (Wildman–Crippen MR) is 83.0 cm³/mol. The van der Waals surface area contributed by atoms with E-state index in [1.165, 1.54) is 32.4 Å². The molecule has 5 heteroatoms. The molecular weight excluding hydrogens is 264 g/mol. The van der Waals surface area contributed by atoms with Crippen molar-refractivity contribution in [3.05, 3.63) is 24.0 Å². The van der Waals surface area contributed by atoms with Gasteiger partial charge in [0.05, 0.1) is 0 Å². The Bertz CT molecular complexity index is 491. The first-order valence-corrected chi connectivity index (χ1v) is 7.99. The van der Waals surface area contributed by atoms with Crippen molar-refractivity contribution >= 4 is 11.6 Å². The van der Waals surface area contributed by atoms with Gasteiger partial charge in [-0.1, -0.05) is 6.42 Å². The molecule has 2 aliphatic heterocycles. The number of pyridine rings is 1. The molecule has 2 saturated heterocycles. The third-order valence-corrected chi connectivity index (χ3v) is 4.66. The van der Waals surface area contributed by atoms with E-state index in [2.05, 4.69) is 9.88 Å². The van der Waals surface area contributed by atoms with E-state index in [1.807, 2.05) is 4.90 Å². The zero-order valence-corrected chi connectivity index (χ0v) is 12.5. The lowest BCUT2D eigenvalue weighted by atomic mass is 9.99.